The van der Waals surface area contributed by atoms with Gasteiger partial charge in [0.2, 0.25) is 11.8 Å². The number of carbonyl (C=O) groups is 2. The van der Waals surface area contributed by atoms with Crippen LogP contribution in [-0.2, 0) is 19.7 Å². The minimum Gasteiger partial charge on any atom is -0.376 e. The lowest BCUT2D eigenvalue weighted by Crippen LogP contribution is -2.75. The molecule has 1 fully saturated rings. The van der Waals surface area contributed by atoms with Crippen LogP contribution in [-0.4, -0.2) is 84.2 Å². The summed E-state index contributed by atoms with van der Waals surface area (Å²) in [4.78, 5) is 26.3. The number of halogens is 17. The van der Waals surface area contributed by atoms with Crippen molar-refractivity contribution in [1.82, 2.24) is 4.90 Å². The molecule has 1 unspecified atom stereocenters. The first-order valence-electron chi connectivity index (χ1n) is 12.9. The van der Waals surface area contributed by atoms with Crippen LogP contribution >= 0.6 is 0 Å². The first-order chi connectivity index (χ1) is 21.6. The van der Waals surface area contributed by atoms with Crippen molar-refractivity contribution in [3.8, 4) is 5.75 Å². The van der Waals surface area contributed by atoms with Crippen molar-refractivity contribution < 1.29 is 96.8 Å². The van der Waals surface area contributed by atoms with Gasteiger partial charge >= 0.3 is 57.1 Å². The molecule has 282 valence electrons. The molecule has 2 rings (SSSR count). The summed E-state index contributed by atoms with van der Waals surface area (Å²) in [5, 5.41) is -6.05. The zero-order valence-electron chi connectivity index (χ0n) is 24.3. The highest BCUT2D eigenvalue weighted by Gasteiger charge is 2.96. The van der Waals surface area contributed by atoms with Gasteiger partial charge in [0.1, 0.15) is 6.04 Å². The van der Waals surface area contributed by atoms with Crippen LogP contribution in [0.25, 0.3) is 0 Å². The summed E-state index contributed by atoms with van der Waals surface area (Å²) >= 11 is 0. The molecule has 1 aromatic carbocycles. The summed E-state index contributed by atoms with van der Waals surface area (Å²) < 4.78 is 259. The third-order valence-corrected chi connectivity index (χ3v) is 8.14. The Morgan fingerprint density at radius 3 is 1.53 bits per heavy atom. The molecule has 1 aromatic rings. The van der Waals surface area contributed by atoms with Crippen LogP contribution < -0.4 is 9.50 Å². The monoisotopic (exact) mass is 772 g/mol. The number of hydrogen-bond acceptors (Lipinski definition) is 5. The molecule has 25 heteroatoms. The summed E-state index contributed by atoms with van der Waals surface area (Å²) in [5.74, 6) is -56.9. The number of anilines is 1. The maximum Gasteiger partial charge on any atom is 0.460 e. The minimum absolute atomic E-state index is 0.246. The van der Waals surface area contributed by atoms with Gasteiger partial charge in [0.15, 0.2) is 5.75 Å². The normalized spacial score (nSPS) is 16.8. The predicted octanol–water partition coefficient (Wildman–Crippen LogP) is 7.34. The van der Waals surface area contributed by atoms with Crippen LogP contribution in [0.5, 0.6) is 5.75 Å². The number of carbonyl (C=O) groups excluding carboxylic acids is 2. The molecule has 1 atom stereocenters. The van der Waals surface area contributed by atoms with Crippen LogP contribution in [0.2, 0.25) is 0 Å². The number of para-hydroxylation sites is 2. The first kappa shape index (κ1) is 41.9. The third-order valence-electron chi connectivity index (χ3n) is 6.86. The fourth-order valence-electron chi connectivity index (χ4n) is 4.11. The lowest BCUT2D eigenvalue weighted by Gasteiger charge is -2.42. The van der Waals surface area contributed by atoms with Gasteiger partial charge in [-0.25, -0.2) is 0 Å². The molecular formula is C24H21F17N2O5S. The van der Waals surface area contributed by atoms with E-state index in [0.717, 1.165) is 17.9 Å². The highest BCUT2D eigenvalue weighted by Crippen LogP contribution is 2.64. The number of alkyl halides is 17. The number of benzene rings is 1. The number of hydrogen-bond donors (Lipinski definition) is 1. The Morgan fingerprint density at radius 2 is 1.14 bits per heavy atom. The zero-order chi connectivity index (χ0) is 38.8. The smallest absolute Gasteiger partial charge is 0.376 e. The summed E-state index contributed by atoms with van der Waals surface area (Å²) in [6, 6.07) is 0.507. The average molecular weight is 772 g/mol. The second-order valence-electron chi connectivity index (χ2n) is 10.8. The Kier molecular flexibility index (Phi) is 10.7. The largest absolute Gasteiger partial charge is 0.460 e. The highest BCUT2D eigenvalue weighted by atomic mass is 32.2. The van der Waals surface area contributed by atoms with Crippen LogP contribution in [0.15, 0.2) is 24.3 Å². The van der Waals surface area contributed by atoms with E-state index in [1.165, 1.54) is 13.8 Å². The standard InChI is InChI=1S/C24H21F17N2O5S/c1-10(2)15(43(11(3)44)12-8-9-12)16(45)42-13-6-4-5-7-14(13)48-49(46,47)24(40,41)22(35,36)20(31,32)18(27,28)17(25,26)19(29,30)21(33,34)23(37,38)39/h4-7,10,12,15H,8-9H2,1-3H3,(H,42,45). The first-order valence-corrected chi connectivity index (χ1v) is 14.3. The number of nitrogens with one attached hydrogen (secondary N) is 1. The second kappa shape index (κ2) is 12.5. The van der Waals surface area contributed by atoms with Gasteiger partial charge in [-0.15, -0.1) is 0 Å². The Bertz CT molecular complexity index is 1530. The highest BCUT2D eigenvalue weighted by molar-refractivity contribution is 7.88. The Balaban J connectivity index is 2.56. The SMILES string of the molecule is CC(=O)N(C1CC1)C(C(=O)Nc1ccccc1OS(=O)(=O)C(F)(F)C(F)(F)C(F)(F)C(F)(F)C(F)(F)C(F)(F)C(F)(F)C(F)(F)F)C(C)C. The van der Waals surface area contributed by atoms with E-state index < -0.39 is 98.3 Å². The minimum atomic E-state index is -9.00. The number of nitrogens with zero attached hydrogens (tertiary/aromatic N) is 1. The van der Waals surface area contributed by atoms with E-state index in [1.54, 1.807) is 0 Å². The van der Waals surface area contributed by atoms with Gasteiger partial charge in [0.05, 0.1) is 5.69 Å². The zero-order valence-corrected chi connectivity index (χ0v) is 25.1. The van der Waals surface area contributed by atoms with Gasteiger partial charge < -0.3 is 14.4 Å². The van der Waals surface area contributed by atoms with Crippen molar-refractivity contribution in [2.24, 2.45) is 5.92 Å². The molecule has 49 heavy (non-hydrogen) atoms. The van der Waals surface area contributed by atoms with Crippen LogP contribution in [0.4, 0.5) is 80.3 Å². The lowest BCUT2D eigenvalue weighted by atomic mass is 9.91. The summed E-state index contributed by atoms with van der Waals surface area (Å²) in [6.45, 7) is 3.85. The van der Waals surface area contributed by atoms with Crippen LogP contribution in [0.1, 0.15) is 33.6 Å². The van der Waals surface area contributed by atoms with E-state index in [1.807, 2.05) is 5.32 Å². The van der Waals surface area contributed by atoms with Crippen molar-refractivity contribution in [2.45, 2.75) is 92.7 Å². The van der Waals surface area contributed by atoms with Crippen molar-refractivity contribution in [3.63, 3.8) is 0 Å². The summed E-state index contributed by atoms with van der Waals surface area (Å²) in [7, 11) is -7.95. The lowest BCUT2D eigenvalue weighted by molar-refractivity contribution is -0.458. The molecule has 0 aromatic heterocycles. The number of amides is 2. The van der Waals surface area contributed by atoms with Crippen molar-refractivity contribution in [1.29, 1.82) is 0 Å². The molecule has 0 aliphatic heterocycles. The quantitative estimate of drug-likeness (QED) is 0.158. The van der Waals surface area contributed by atoms with Gasteiger partial charge in [-0.2, -0.15) is 83.1 Å². The molecule has 0 heterocycles. The van der Waals surface area contributed by atoms with Gasteiger partial charge in [0, 0.05) is 13.0 Å². The fraction of sp³-hybridized carbons (Fsp3) is 0.667. The van der Waals surface area contributed by atoms with E-state index in [-0.39, 0.29) is 6.07 Å². The average Bonchev–Trinajstić information content (AvgIpc) is 3.75. The topological polar surface area (TPSA) is 92.8 Å². The van der Waals surface area contributed by atoms with Crippen LogP contribution in [0.3, 0.4) is 0 Å². The van der Waals surface area contributed by atoms with Gasteiger partial charge in [-0.3, -0.25) is 9.59 Å². The molecule has 0 saturated heterocycles. The molecule has 1 saturated carbocycles. The van der Waals surface area contributed by atoms with Crippen molar-refractivity contribution >= 4 is 27.6 Å². The molecule has 0 spiro atoms. The molecule has 1 N–H and O–H groups in total. The third kappa shape index (κ3) is 6.54. The maximum atomic E-state index is 14.5. The van der Waals surface area contributed by atoms with Gasteiger partial charge in [-0.1, -0.05) is 26.0 Å². The van der Waals surface area contributed by atoms with Gasteiger partial charge in [-0.05, 0) is 30.9 Å². The van der Waals surface area contributed by atoms with E-state index in [0.29, 0.717) is 25.0 Å². The summed E-state index contributed by atoms with van der Waals surface area (Å²) in [6.07, 6.45) is -7.10. The second-order valence-corrected chi connectivity index (χ2v) is 12.4. The predicted molar refractivity (Wildman–Crippen MR) is 129 cm³/mol. The molecular weight excluding hydrogens is 751 g/mol. The van der Waals surface area contributed by atoms with Crippen molar-refractivity contribution in [3.05, 3.63) is 24.3 Å². The Labute approximate surface area is 263 Å². The van der Waals surface area contributed by atoms with E-state index in [4.69, 9.17) is 0 Å². The van der Waals surface area contributed by atoms with E-state index >= 15 is 0 Å². The fourth-order valence-corrected chi connectivity index (χ4v) is 5.04. The van der Waals surface area contributed by atoms with Crippen LogP contribution in [0, 0.1) is 5.92 Å². The molecule has 0 bridgehead atoms. The molecule has 2 amide bonds. The molecule has 1 aliphatic carbocycles. The molecule has 0 radical (unpaired) electrons. The summed E-state index contributed by atoms with van der Waals surface area (Å²) in [5.41, 5.74) is -1.07. The van der Waals surface area contributed by atoms with E-state index in [2.05, 4.69) is 4.18 Å². The Hall–Kier alpha value is -3.28. The van der Waals surface area contributed by atoms with Gasteiger partial charge in [0.25, 0.3) is 0 Å². The molecule has 1 aliphatic rings. The number of rotatable bonds is 14. The van der Waals surface area contributed by atoms with E-state index in [9.17, 15) is 92.6 Å². The Morgan fingerprint density at radius 1 is 0.735 bits per heavy atom. The molecule has 7 nitrogen and oxygen atoms in total. The van der Waals surface area contributed by atoms with Crippen molar-refractivity contribution in [2.75, 3.05) is 5.32 Å². The maximum absolute atomic E-state index is 14.5.